The lowest BCUT2D eigenvalue weighted by Gasteiger charge is -1.99. The summed E-state index contributed by atoms with van der Waals surface area (Å²) >= 11 is 4.62. The number of aromatic nitrogens is 1. The lowest BCUT2D eigenvalue weighted by atomic mass is 10.1. The molecule has 0 atom stereocenters. The summed E-state index contributed by atoms with van der Waals surface area (Å²) in [5.41, 5.74) is 1.38. The molecular weight excluding hydrogens is 302 g/mol. The highest BCUT2D eigenvalue weighted by Gasteiger charge is 2.18. The first kappa shape index (κ1) is 12.3. The van der Waals surface area contributed by atoms with Crippen LogP contribution in [-0.4, -0.2) is 16.1 Å². The summed E-state index contributed by atoms with van der Waals surface area (Å²) in [5.74, 6) is -0.919. The number of halogens is 1. The van der Waals surface area contributed by atoms with Crippen molar-refractivity contribution in [3.63, 3.8) is 0 Å². The van der Waals surface area contributed by atoms with Gasteiger partial charge < -0.3 is 5.11 Å². The van der Waals surface area contributed by atoms with Gasteiger partial charge in [0.25, 0.3) is 0 Å². The topological polar surface area (TPSA) is 50.2 Å². The SMILES string of the molecule is CCc1nc(-c2cccc(Br)c2)c(C(=O)O)s1. The van der Waals surface area contributed by atoms with E-state index in [0.717, 1.165) is 21.5 Å². The first-order chi connectivity index (χ1) is 8.11. The van der Waals surface area contributed by atoms with Crippen LogP contribution in [0.3, 0.4) is 0 Å². The van der Waals surface area contributed by atoms with Gasteiger partial charge in [-0.05, 0) is 18.6 Å². The number of hydrogen-bond donors (Lipinski definition) is 1. The Hall–Kier alpha value is -1.20. The third-order valence-electron chi connectivity index (χ3n) is 2.27. The van der Waals surface area contributed by atoms with E-state index >= 15 is 0 Å². The summed E-state index contributed by atoms with van der Waals surface area (Å²) in [6.07, 6.45) is 0.749. The molecule has 0 amide bonds. The highest BCUT2D eigenvalue weighted by Crippen LogP contribution is 2.30. The minimum Gasteiger partial charge on any atom is -0.477 e. The van der Waals surface area contributed by atoms with Gasteiger partial charge in [0.1, 0.15) is 4.88 Å². The fourth-order valence-electron chi connectivity index (χ4n) is 1.49. The third kappa shape index (κ3) is 2.56. The number of carboxylic acids is 1. The Morgan fingerprint density at radius 1 is 1.53 bits per heavy atom. The van der Waals surface area contributed by atoms with E-state index in [1.165, 1.54) is 11.3 Å². The summed E-state index contributed by atoms with van der Waals surface area (Å²) in [6.45, 7) is 1.97. The second-order valence-electron chi connectivity index (χ2n) is 3.45. The molecule has 5 heteroatoms. The van der Waals surface area contributed by atoms with E-state index in [2.05, 4.69) is 20.9 Å². The standard InChI is InChI=1S/C12H10BrNO2S/c1-2-9-14-10(11(17-9)12(15)16)7-4-3-5-8(13)6-7/h3-6H,2H2,1H3,(H,15,16). The molecule has 3 nitrogen and oxygen atoms in total. The van der Waals surface area contributed by atoms with Crippen LogP contribution in [0.4, 0.5) is 0 Å². The van der Waals surface area contributed by atoms with Crippen LogP contribution < -0.4 is 0 Å². The highest BCUT2D eigenvalue weighted by atomic mass is 79.9. The van der Waals surface area contributed by atoms with Gasteiger partial charge in [-0.3, -0.25) is 0 Å². The molecule has 2 rings (SSSR count). The van der Waals surface area contributed by atoms with Crippen molar-refractivity contribution >= 4 is 33.2 Å². The maximum Gasteiger partial charge on any atom is 0.348 e. The van der Waals surface area contributed by atoms with E-state index < -0.39 is 5.97 Å². The minimum atomic E-state index is -0.919. The van der Waals surface area contributed by atoms with E-state index in [-0.39, 0.29) is 0 Å². The molecule has 17 heavy (non-hydrogen) atoms. The third-order valence-corrected chi connectivity index (χ3v) is 3.95. The number of aromatic carboxylic acids is 1. The number of rotatable bonds is 3. The van der Waals surface area contributed by atoms with Gasteiger partial charge >= 0.3 is 5.97 Å². The number of carboxylic acid groups (broad SMARTS) is 1. The van der Waals surface area contributed by atoms with E-state index in [1.807, 2.05) is 31.2 Å². The van der Waals surface area contributed by atoms with Crippen molar-refractivity contribution in [1.29, 1.82) is 0 Å². The quantitative estimate of drug-likeness (QED) is 0.937. The molecular formula is C12H10BrNO2S. The first-order valence-corrected chi connectivity index (χ1v) is 6.71. The van der Waals surface area contributed by atoms with Crippen LogP contribution in [0, 0.1) is 0 Å². The Labute approximate surface area is 111 Å². The normalized spacial score (nSPS) is 10.5. The number of aryl methyl sites for hydroxylation is 1. The van der Waals surface area contributed by atoms with Crippen molar-refractivity contribution in [2.24, 2.45) is 0 Å². The number of benzene rings is 1. The molecule has 1 heterocycles. The predicted molar refractivity (Wildman–Crippen MR) is 71.6 cm³/mol. The molecule has 0 radical (unpaired) electrons. The summed E-state index contributed by atoms with van der Waals surface area (Å²) in [7, 11) is 0. The maximum absolute atomic E-state index is 11.2. The summed E-state index contributed by atoms with van der Waals surface area (Å²) < 4.78 is 0.914. The van der Waals surface area contributed by atoms with Crippen LogP contribution in [-0.2, 0) is 6.42 Å². The summed E-state index contributed by atoms with van der Waals surface area (Å²) in [4.78, 5) is 15.9. The smallest absolute Gasteiger partial charge is 0.348 e. The molecule has 0 aliphatic carbocycles. The van der Waals surface area contributed by atoms with Crippen molar-refractivity contribution in [2.75, 3.05) is 0 Å². The van der Waals surface area contributed by atoms with Crippen LogP contribution in [0.1, 0.15) is 21.6 Å². The molecule has 2 aromatic rings. The van der Waals surface area contributed by atoms with Gasteiger partial charge in [0, 0.05) is 10.0 Å². The Bertz CT molecular complexity index is 565. The van der Waals surface area contributed by atoms with Crippen LogP contribution in [0.15, 0.2) is 28.7 Å². The zero-order valence-corrected chi connectivity index (χ0v) is 11.5. The Kier molecular flexibility index (Phi) is 3.59. The van der Waals surface area contributed by atoms with Gasteiger partial charge in [0.2, 0.25) is 0 Å². The van der Waals surface area contributed by atoms with Crippen molar-refractivity contribution in [1.82, 2.24) is 4.98 Å². The van der Waals surface area contributed by atoms with Crippen molar-refractivity contribution in [3.8, 4) is 11.3 Å². The summed E-state index contributed by atoms with van der Waals surface area (Å²) in [5, 5.41) is 10.0. The molecule has 0 aliphatic heterocycles. The molecule has 1 N–H and O–H groups in total. The second-order valence-corrected chi connectivity index (χ2v) is 5.45. The molecule has 0 bridgehead atoms. The second kappa shape index (κ2) is 4.98. The average Bonchev–Trinajstić information content (AvgIpc) is 2.73. The fourth-order valence-corrected chi connectivity index (χ4v) is 2.76. The molecule has 0 saturated heterocycles. The molecule has 0 spiro atoms. The predicted octanol–water partition coefficient (Wildman–Crippen LogP) is 3.83. The number of thiazole rings is 1. The lowest BCUT2D eigenvalue weighted by Crippen LogP contribution is -1.95. The fraction of sp³-hybridized carbons (Fsp3) is 0.167. The average molecular weight is 312 g/mol. The van der Waals surface area contributed by atoms with Crippen LogP contribution in [0.5, 0.6) is 0 Å². The van der Waals surface area contributed by atoms with Crippen molar-refractivity contribution in [2.45, 2.75) is 13.3 Å². The highest BCUT2D eigenvalue weighted by molar-refractivity contribution is 9.10. The number of carbonyl (C=O) groups is 1. The van der Waals surface area contributed by atoms with E-state index in [1.54, 1.807) is 0 Å². The van der Waals surface area contributed by atoms with Crippen molar-refractivity contribution < 1.29 is 9.90 Å². The van der Waals surface area contributed by atoms with Crippen LogP contribution >= 0.6 is 27.3 Å². The van der Waals surface area contributed by atoms with E-state index in [9.17, 15) is 4.79 Å². The molecule has 0 saturated carbocycles. The minimum absolute atomic E-state index is 0.306. The Balaban J connectivity index is 2.57. The largest absolute Gasteiger partial charge is 0.477 e. The molecule has 0 aliphatic rings. The maximum atomic E-state index is 11.2. The van der Waals surface area contributed by atoms with Crippen LogP contribution in [0.25, 0.3) is 11.3 Å². The summed E-state index contributed by atoms with van der Waals surface area (Å²) in [6, 6.07) is 7.51. The lowest BCUT2D eigenvalue weighted by molar-refractivity contribution is 0.0702. The monoisotopic (exact) mass is 311 g/mol. The van der Waals surface area contributed by atoms with Crippen molar-refractivity contribution in [3.05, 3.63) is 38.6 Å². The van der Waals surface area contributed by atoms with Crippen LogP contribution in [0.2, 0.25) is 0 Å². The van der Waals surface area contributed by atoms with Gasteiger partial charge in [-0.1, -0.05) is 35.0 Å². The molecule has 1 aromatic carbocycles. The van der Waals surface area contributed by atoms with E-state index in [4.69, 9.17) is 5.11 Å². The molecule has 88 valence electrons. The first-order valence-electron chi connectivity index (χ1n) is 5.10. The number of hydrogen-bond acceptors (Lipinski definition) is 3. The van der Waals surface area contributed by atoms with Gasteiger partial charge in [-0.2, -0.15) is 0 Å². The van der Waals surface area contributed by atoms with Gasteiger partial charge in [0.05, 0.1) is 10.7 Å². The van der Waals surface area contributed by atoms with Gasteiger partial charge in [-0.15, -0.1) is 11.3 Å². The number of nitrogens with zero attached hydrogens (tertiary/aromatic N) is 1. The Morgan fingerprint density at radius 3 is 2.88 bits per heavy atom. The molecule has 1 aromatic heterocycles. The zero-order valence-electron chi connectivity index (χ0n) is 9.11. The molecule has 0 unspecified atom stereocenters. The van der Waals surface area contributed by atoms with E-state index in [0.29, 0.717) is 10.6 Å². The van der Waals surface area contributed by atoms with Gasteiger partial charge in [-0.25, -0.2) is 9.78 Å². The molecule has 0 fully saturated rings. The Morgan fingerprint density at radius 2 is 2.29 bits per heavy atom. The van der Waals surface area contributed by atoms with Gasteiger partial charge in [0.15, 0.2) is 0 Å². The zero-order chi connectivity index (χ0) is 12.4.